The Labute approximate surface area is 334 Å². The summed E-state index contributed by atoms with van der Waals surface area (Å²) in [6.07, 6.45) is 9.51. The highest BCUT2D eigenvalue weighted by Gasteiger charge is 2.38. The minimum atomic E-state index is -0.267. The SMILES string of the molecule is O=C(C=CC1CCN(C(=O)OCc2ccccc2)CC1)c1ccccc1.O=C(OCc1ccccc1)N1CCC(CCC2(c3ccccc3)SCCS2)CC1. The van der Waals surface area contributed by atoms with Crippen LogP contribution in [0.5, 0.6) is 0 Å². The normalized spacial score (nSPS) is 17.3. The molecule has 7 nitrogen and oxygen atoms in total. The second-order valence-electron chi connectivity index (χ2n) is 14.3. The largest absolute Gasteiger partial charge is 0.445 e. The number of thioether (sulfide) groups is 2. The van der Waals surface area contributed by atoms with Crippen molar-refractivity contribution in [2.75, 3.05) is 37.7 Å². The zero-order valence-corrected chi connectivity index (χ0v) is 33.1. The van der Waals surface area contributed by atoms with Gasteiger partial charge < -0.3 is 19.3 Å². The number of carbonyl (C=O) groups is 3. The van der Waals surface area contributed by atoms with E-state index in [2.05, 4.69) is 53.9 Å². The third-order valence-corrected chi connectivity index (χ3v) is 14.1. The molecule has 0 bridgehead atoms. The number of hydrogen-bond donors (Lipinski definition) is 0. The van der Waals surface area contributed by atoms with E-state index in [0.29, 0.717) is 43.7 Å². The van der Waals surface area contributed by atoms with Crippen molar-refractivity contribution < 1.29 is 23.9 Å². The molecule has 0 atom stereocenters. The molecule has 9 heteroatoms. The topological polar surface area (TPSA) is 76.1 Å². The molecule has 0 radical (unpaired) electrons. The zero-order chi connectivity index (χ0) is 38.1. The molecule has 0 unspecified atom stereocenters. The first kappa shape index (κ1) is 40.2. The molecule has 0 spiro atoms. The van der Waals surface area contributed by atoms with Crippen molar-refractivity contribution in [1.82, 2.24) is 9.80 Å². The average Bonchev–Trinajstić information content (AvgIpc) is 3.75. The number of ether oxygens (including phenoxy) is 2. The first-order valence-electron chi connectivity index (χ1n) is 19.5. The van der Waals surface area contributed by atoms with Gasteiger partial charge in [0.25, 0.3) is 0 Å². The Morgan fingerprint density at radius 1 is 0.618 bits per heavy atom. The molecule has 288 valence electrons. The number of amides is 2. The number of ketones is 1. The van der Waals surface area contributed by atoms with Crippen LogP contribution in [0.25, 0.3) is 0 Å². The van der Waals surface area contributed by atoms with Gasteiger partial charge in [-0.2, -0.15) is 0 Å². The molecular weight excluding hydrogens is 725 g/mol. The maximum absolute atomic E-state index is 12.4. The zero-order valence-electron chi connectivity index (χ0n) is 31.5. The molecule has 2 amide bonds. The Morgan fingerprint density at radius 2 is 1.07 bits per heavy atom. The van der Waals surface area contributed by atoms with E-state index in [4.69, 9.17) is 9.47 Å². The third-order valence-electron chi connectivity index (χ3n) is 10.5. The molecule has 3 aliphatic heterocycles. The van der Waals surface area contributed by atoms with Crippen LogP contribution in [-0.4, -0.2) is 65.5 Å². The molecule has 0 saturated carbocycles. The maximum Gasteiger partial charge on any atom is 0.410 e. The van der Waals surface area contributed by atoms with Crippen LogP contribution in [-0.2, 0) is 26.8 Å². The molecule has 3 aliphatic rings. The van der Waals surface area contributed by atoms with E-state index in [1.807, 2.05) is 102 Å². The Kier molecular flexibility index (Phi) is 15.3. The summed E-state index contributed by atoms with van der Waals surface area (Å²) in [7, 11) is 0. The number of likely N-dealkylation sites (tertiary alicyclic amines) is 2. The van der Waals surface area contributed by atoms with Gasteiger partial charge in [-0.1, -0.05) is 127 Å². The quantitative estimate of drug-likeness (QED) is 0.111. The predicted molar refractivity (Wildman–Crippen MR) is 224 cm³/mol. The van der Waals surface area contributed by atoms with Crippen molar-refractivity contribution in [2.24, 2.45) is 11.8 Å². The molecule has 0 aromatic heterocycles. The summed E-state index contributed by atoms with van der Waals surface area (Å²) >= 11 is 4.24. The van der Waals surface area contributed by atoms with E-state index >= 15 is 0 Å². The lowest BCUT2D eigenvalue weighted by atomic mass is 9.90. The fourth-order valence-corrected chi connectivity index (χ4v) is 10.5. The van der Waals surface area contributed by atoms with Crippen molar-refractivity contribution in [2.45, 2.75) is 55.8 Å². The summed E-state index contributed by atoms with van der Waals surface area (Å²) in [5.41, 5.74) is 4.19. The molecule has 7 rings (SSSR count). The van der Waals surface area contributed by atoms with Crippen LogP contribution >= 0.6 is 23.5 Å². The van der Waals surface area contributed by atoms with Crippen LogP contribution in [0.4, 0.5) is 9.59 Å². The lowest BCUT2D eigenvalue weighted by Crippen LogP contribution is -2.39. The van der Waals surface area contributed by atoms with Crippen molar-refractivity contribution >= 4 is 41.5 Å². The van der Waals surface area contributed by atoms with Gasteiger partial charge in [0.05, 0.1) is 4.08 Å². The van der Waals surface area contributed by atoms with Crippen molar-refractivity contribution in [3.63, 3.8) is 0 Å². The number of benzene rings is 4. The van der Waals surface area contributed by atoms with E-state index in [0.717, 1.165) is 49.9 Å². The molecule has 4 aromatic carbocycles. The van der Waals surface area contributed by atoms with E-state index in [9.17, 15) is 14.4 Å². The van der Waals surface area contributed by atoms with Crippen molar-refractivity contribution in [3.8, 4) is 0 Å². The monoisotopic (exact) mass is 776 g/mol. The number of rotatable bonds is 11. The van der Waals surface area contributed by atoms with Crippen LogP contribution in [0.3, 0.4) is 0 Å². The van der Waals surface area contributed by atoms with Gasteiger partial charge in [-0.3, -0.25) is 4.79 Å². The second kappa shape index (κ2) is 21.0. The molecule has 4 aromatic rings. The number of hydrogen-bond acceptors (Lipinski definition) is 7. The van der Waals surface area contributed by atoms with Gasteiger partial charge in [-0.25, -0.2) is 9.59 Å². The van der Waals surface area contributed by atoms with Gasteiger partial charge >= 0.3 is 12.2 Å². The Bertz CT molecular complexity index is 1790. The highest BCUT2D eigenvalue weighted by molar-refractivity contribution is 8.20. The molecule has 3 fully saturated rings. The summed E-state index contributed by atoms with van der Waals surface area (Å²) in [5.74, 6) is 3.53. The minimum absolute atomic E-state index is 0.0234. The third kappa shape index (κ3) is 12.3. The predicted octanol–water partition coefficient (Wildman–Crippen LogP) is 10.6. The Balaban J connectivity index is 0.000000188. The second-order valence-corrected chi connectivity index (χ2v) is 17.3. The van der Waals surface area contributed by atoms with Crippen LogP contribution in [0.15, 0.2) is 133 Å². The fourth-order valence-electron chi connectivity index (χ4n) is 7.22. The smallest absolute Gasteiger partial charge is 0.410 e. The number of allylic oxidation sites excluding steroid dienone is 2. The number of nitrogens with zero attached hydrogens (tertiary/aromatic N) is 2. The van der Waals surface area contributed by atoms with E-state index in [1.165, 1.54) is 29.9 Å². The van der Waals surface area contributed by atoms with E-state index in [-0.39, 0.29) is 22.0 Å². The first-order valence-corrected chi connectivity index (χ1v) is 21.5. The summed E-state index contributed by atoms with van der Waals surface area (Å²) < 4.78 is 11.1. The van der Waals surface area contributed by atoms with Gasteiger partial charge in [-0.05, 0) is 73.1 Å². The summed E-state index contributed by atoms with van der Waals surface area (Å²) in [4.78, 5) is 40.3. The highest BCUT2D eigenvalue weighted by Crippen LogP contribution is 2.55. The molecule has 3 saturated heterocycles. The standard InChI is InChI=1S/C24H29NO2S2.C22H23NO3/c26-23(27-19-21-7-3-1-4-8-21)25-15-12-20(13-16-25)11-14-24(28-17-18-29-24)22-9-5-2-6-10-22;24-21(20-9-5-2-6-10-20)12-11-18-13-15-23(16-14-18)22(25)26-17-19-7-3-1-4-8-19/h1-10,20H,11-19H2;1-12,18H,13-17H2. The van der Waals surface area contributed by atoms with Gasteiger partial charge in [-0.15, -0.1) is 23.5 Å². The van der Waals surface area contributed by atoms with Crippen LogP contribution < -0.4 is 0 Å². The molecule has 0 aliphatic carbocycles. The Morgan fingerprint density at radius 3 is 1.58 bits per heavy atom. The maximum atomic E-state index is 12.4. The number of piperidine rings is 2. The summed E-state index contributed by atoms with van der Waals surface area (Å²) in [6.45, 7) is 3.59. The van der Waals surface area contributed by atoms with Gasteiger partial charge in [0.15, 0.2) is 5.78 Å². The van der Waals surface area contributed by atoms with Crippen LogP contribution in [0.2, 0.25) is 0 Å². The van der Waals surface area contributed by atoms with Crippen molar-refractivity contribution in [3.05, 3.63) is 156 Å². The average molecular weight is 777 g/mol. The Hall–Kier alpha value is -4.47. The number of carbonyl (C=O) groups excluding carboxylic acids is 3. The van der Waals surface area contributed by atoms with Crippen LogP contribution in [0.1, 0.15) is 65.6 Å². The first-order chi connectivity index (χ1) is 27.0. The lowest BCUT2D eigenvalue weighted by Gasteiger charge is -2.34. The molecule has 3 heterocycles. The lowest BCUT2D eigenvalue weighted by molar-refractivity contribution is 0.0811. The van der Waals surface area contributed by atoms with Gasteiger partial charge in [0, 0.05) is 43.2 Å². The van der Waals surface area contributed by atoms with E-state index in [1.54, 1.807) is 11.0 Å². The molecular formula is C46H52N2O5S2. The fraction of sp³-hybridized carbons (Fsp3) is 0.370. The molecule has 55 heavy (non-hydrogen) atoms. The van der Waals surface area contributed by atoms with Crippen LogP contribution in [0, 0.1) is 11.8 Å². The van der Waals surface area contributed by atoms with E-state index < -0.39 is 0 Å². The van der Waals surface area contributed by atoms with Crippen molar-refractivity contribution in [1.29, 1.82) is 0 Å². The van der Waals surface area contributed by atoms with Gasteiger partial charge in [0.1, 0.15) is 13.2 Å². The highest BCUT2D eigenvalue weighted by atomic mass is 32.2. The van der Waals surface area contributed by atoms with Gasteiger partial charge in [0.2, 0.25) is 0 Å². The minimum Gasteiger partial charge on any atom is -0.445 e. The summed E-state index contributed by atoms with van der Waals surface area (Å²) in [6, 6.07) is 39.8. The summed E-state index contributed by atoms with van der Waals surface area (Å²) in [5, 5.41) is 0. The molecule has 0 N–H and O–H groups in total.